The zero-order valence-electron chi connectivity index (χ0n) is 22.0. The molecule has 1 aromatic heterocycles. The number of pyridine rings is 1. The van der Waals surface area contributed by atoms with Crippen molar-refractivity contribution in [2.75, 3.05) is 28.4 Å². The molecule has 0 amide bonds. The zero-order chi connectivity index (χ0) is 25.2. The minimum Gasteiger partial charge on any atom is -0.497 e. The summed E-state index contributed by atoms with van der Waals surface area (Å²) in [4.78, 5) is 4.87. The summed E-state index contributed by atoms with van der Waals surface area (Å²) in [6.45, 7) is 4.40. The van der Waals surface area contributed by atoms with Crippen LogP contribution in [0.4, 0.5) is 0 Å². The first-order chi connectivity index (χ1) is 17.1. The number of hydrogen-bond donors (Lipinski definition) is 0. The lowest BCUT2D eigenvalue weighted by atomic mass is 10.0. The fourth-order valence-corrected chi connectivity index (χ4v) is 4.25. The van der Waals surface area contributed by atoms with Gasteiger partial charge >= 0.3 is 0 Å². The summed E-state index contributed by atoms with van der Waals surface area (Å²) in [6, 6.07) is 9.87. The number of rotatable bonds is 14. The molecule has 0 saturated heterocycles. The standard InChI is InChI=1S/C29H39NO5/c1-7-9-11-13-20-16-23(31-3)19-26(33-5)28(20)35-25-18-24(32-4)17-22-15-21(14-12-10-8-2)29(34-6)30-27(22)25/h15-19H,7-14H2,1-6H3. The Balaban J connectivity index is 2.12. The van der Waals surface area contributed by atoms with E-state index in [0.29, 0.717) is 28.9 Å². The molecular formula is C29H39NO5. The van der Waals surface area contributed by atoms with Crippen molar-refractivity contribution in [1.29, 1.82) is 0 Å². The predicted molar refractivity (Wildman–Crippen MR) is 141 cm³/mol. The smallest absolute Gasteiger partial charge is 0.216 e. The number of benzene rings is 2. The molecule has 2 aromatic carbocycles. The Morgan fingerprint density at radius 3 is 1.86 bits per heavy atom. The molecule has 0 N–H and O–H groups in total. The van der Waals surface area contributed by atoms with Crippen LogP contribution in [0.3, 0.4) is 0 Å². The molecule has 1 heterocycles. The van der Waals surface area contributed by atoms with Crippen LogP contribution in [-0.4, -0.2) is 33.4 Å². The SMILES string of the molecule is CCCCCc1cc2cc(OC)cc(Oc3c(CCCCC)cc(OC)cc3OC)c2nc1OC. The average molecular weight is 482 g/mol. The maximum Gasteiger partial charge on any atom is 0.216 e. The largest absolute Gasteiger partial charge is 0.497 e. The third kappa shape index (κ3) is 6.50. The summed E-state index contributed by atoms with van der Waals surface area (Å²) in [7, 11) is 6.63. The van der Waals surface area contributed by atoms with Gasteiger partial charge in [0.1, 0.15) is 17.0 Å². The van der Waals surface area contributed by atoms with E-state index in [1.54, 1.807) is 28.4 Å². The Bertz CT molecular complexity index is 1110. The molecule has 35 heavy (non-hydrogen) atoms. The second-order valence-electron chi connectivity index (χ2n) is 8.69. The molecule has 0 unspecified atom stereocenters. The van der Waals surface area contributed by atoms with E-state index >= 15 is 0 Å². The van der Waals surface area contributed by atoms with Crippen LogP contribution >= 0.6 is 0 Å². The second-order valence-corrected chi connectivity index (χ2v) is 8.69. The average Bonchev–Trinajstić information content (AvgIpc) is 2.88. The van der Waals surface area contributed by atoms with Crippen molar-refractivity contribution in [2.24, 2.45) is 0 Å². The highest BCUT2D eigenvalue weighted by Gasteiger charge is 2.19. The highest BCUT2D eigenvalue weighted by atomic mass is 16.5. The number of methoxy groups -OCH3 is 4. The van der Waals surface area contributed by atoms with Crippen LogP contribution in [0.2, 0.25) is 0 Å². The minimum atomic E-state index is 0.595. The van der Waals surface area contributed by atoms with E-state index in [0.717, 1.165) is 66.3 Å². The Hall–Kier alpha value is -3.15. The lowest BCUT2D eigenvalue weighted by Gasteiger charge is -2.18. The molecule has 3 rings (SSSR count). The highest BCUT2D eigenvalue weighted by Crippen LogP contribution is 2.43. The lowest BCUT2D eigenvalue weighted by Crippen LogP contribution is -2.01. The molecule has 0 fully saturated rings. The first-order valence-corrected chi connectivity index (χ1v) is 12.6. The van der Waals surface area contributed by atoms with Crippen molar-refractivity contribution in [3.05, 3.63) is 41.5 Å². The number of fused-ring (bicyclic) bond motifs is 1. The molecule has 0 atom stereocenters. The van der Waals surface area contributed by atoms with E-state index in [-0.39, 0.29) is 0 Å². The van der Waals surface area contributed by atoms with Gasteiger partial charge in [-0.25, -0.2) is 4.98 Å². The van der Waals surface area contributed by atoms with Gasteiger partial charge in [-0.05, 0) is 43.9 Å². The van der Waals surface area contributed by atoms with Gasteiger partial charge in [0.05, 0.1) is 28.4 Å². The van der Waals surface area contributed by atoms with E-state index in [2.05, 4.69) is 19.9 Å². The molecule has 6 heteroatoms. The van der Waals surface area contributed by atoms with E-state index in [1.165, 1.54) is 12.8 Å². The topological polar surface area (TPSA) is 59.0 Å². The third-order valence-corrected chi connectivity index (χ3v) is 6.20. The van der Waals surface area contributed by atoms with E-state index in [9.17, 15) is 0 Å². The molecule has 3 aromatic rings. The zero-order valence-corrected chi connectivity index (χ0v) is 22.0. The summed E-state index contributed by atoms with van der Waals surface area (Å²) in [5.74, 6) is 3.97. The number of ether oxygens (including phenoxy) is 5. The van der Waals surface area contributed by atoms with E-state index < -0.39 is 0 Å². The molecule has 0 aliphatic heterocycles. The number of unbranched alkanes of at least 4 members (excludes halogenated alkanes) is 4. The van der Waals surface area contributed by atoms with Gasteiger partial charge in [-0.2, -0.15) is 0 Å². The first-order valence-electron chi connectivity index (χ1n) is 12.6. The molecule has 0 spiro atoms. The van der Waals surface area contributed by atoms with E-state index in [1.807, 2.05) is 24.3 Å². The summed E-state index contributed by atoms with van der Waals surface area (Å²) >= 11 is 0. The van der Waals surface area contributed by atoms with Gasteiger partial charge in [-0.1, -0.05) is 39.5 Å². The maximum absolute atomic E-state index is 6.58. The number of nitrogens with zero attached hydrogens (tertiary/aromatic N) is 1. The summed E-state index contributed by atoms with van der Waals surface area (Å²) in [5, 5.41) is 0.951. The quantitative estimate of drug-likeness (QED) is 0.222. The van der Waals surface area contributed by atoms with Crippen molar-refractivity contribution in [2.45, 2.75) is 65.2 Å². The number of aryl methyl sites for hydroxylation is 2. The van der Waals surface area contributed by atoms with Gasteiger partial charge in [0.25, 0.3) is 0 Å². The van der Waals surface area contributed by atoms with Crippen molar-refractivity contribution < 1.29 is 23.7 Å². The highest BCUT2D eigenvalue weighted by molar-refractivity contribution is 5.88. The van der Waals surface area contributed by atoms with Crippen molar-refractivity contribution in [1.82, 2.24) is 4.98 Å². The van der Waals surface area contributed by atoms with Gasteiger partial charge in [-0.15, -0.1) is 0 Å². The molecule has 0 saturated carbocycles. The second kappa shape index (κ2) is 13.1. The fraction of sp³-hybridized carbons (Fsp3) is 0.483. The minimum absolute atomic E-state index is 0.595. The van der Waals surface area contributed by atoms with Crippen LogP contribution in [0.1, 0.15) is 63.5 Å². The molecule has 0 bridgehead atoms. The molecular weight excluding hydrogens is 442 g/mol. The van der Waals surface area contributed by atoms with Crippen LogP contribution in [0.15, 0.2) is 30.3 Å². The summed E-state index contributed by atoms with van der Waals surface area (Å²) < 4.78 is 29.1. The lowest BCUT2D eigenvalue weighted by molar-refractivity contribution is 0.364. The number of hydrogen-bond acceptors (Lipinski definition) is 6. The van der Waals surface area contributed by atoms with Crippen molar-refractivity contribution in [3.63, 3.8) is 0 Å². The van der Waals surface area contributed by atoms with Gasteiger partial charge in [0.15, 0.2) is 17.2 Å². The number of aromatic nitrogens is 1. The van der Waals surface area contributed by atoms with Gasteiger partial charge in [0.2, 0.25) is 5.88 Å². The van der Waals surface area contributed by atoms with Crippen LogP contribution in [0.5, 0.6) is 34.6 Å². The van der Waals surface area contributed by atoms with Gasteiger partial charge in [0, 0.05) is 28.6 Å². The first kappa shape index (κ1) is 26.5. The Morgan fingerprint density at radius 1 is 0.629 bits per heavy atom. The monoisotopic (exact) mass is 481 g/mol. The molecule has 0 aliphatic rings. The molecule has 0 aliphatic carbocycles. The molecule has 6 nitrogen and oxygen atoms in total. The van der Waals surface area contributed by atoms with Crippen LogP contribution in [0, 0.1) is 0 Å². The molecule has 190 valence electrons. The van der Waals surface area contributed by atoms with Crippen molar-refractivity contribution in [3.8, 4) is 34.6 Å². The van der Waals surface area contributed by atoms with Crippen molar-refractivity contribution >= 4 is 10.9 Å². The van der Waals surface area contributed by atoms with Gasteiger partial charge < -0.3 is 23.7 Å². The van der Waals surface area contributed by atoms with Crippen LogP contribution < -0.4 is 23.7 Å². The summed E-state index contributed by atoms with van der Waals surface area (Å²) in [5.41, 5.74) is 2.85. The fourth-order valence-electron chi connectivity index (χ4n) is 4.25. The van der Waals surface area contributed by atoms with Crippen LogP contribution in [-0.2, 0) is 12.8 Å². The maximum atomic E-state index is 6.58. The normalized spacial score (nSPS) is 10.9. The summed E-state index contributed by atoms with van der Waals surface area (Å²) in [6.07, 6.45) is 8.54. The Labute approximate surface area is 209 Å². The van der Waals surface area contributed by atoms with Crippen LogP contribution in [0.25, 0.3) is 10.9 Å². The Morgan fingerprint density at radius 2 is 1.26 bits per heavy atom. The van der Waals surface area contributed by atoms with Gasteiger partial charge in [-0.3, -0.25) is 0 Å². The molecule has 0 radical (unpaired) electrons. The predicted octanol–water partition coefficient (Wildman–Crippen LogP) is 7.53. The third-order valence-electron chi connectivity index (χ3n) is 6.20. The Kier molecular flexibility index (Phi) is 9.88. The van der Waals surface area contributed by atoms with E-state index in [4.69, 9.17) is 28.7 Å².